The number of allylic oxidation sites excluding steroid dienone is 1. The third-order valence-corrected chi connectivity index (χ3v) is 5.75. The zero-order valence-electron chi connectivity index (χ0n) is 16.2. The van der Waals surface area contributed by atoms with E-state index in [0.29, 0.717) is 29.7 Å². The summed E-state index contributed by atoms with van der Waals surface area (Å²) in [5, 5.41) is 4.17. The number of aromatic nitrogens is 1. The van der Waals surface area contributed by atoms with Crippen LogP contribution >= 0.6 is 11.3 Å². The molecule has 1 heterocycles. The molecule has 0 aliphatic heterocycles. The Morgan fingerprint density at radius 1 is 1.34 bits per heavy atom. The lowest BCUT2D eigenvalue weighted by Gasteiger charge is -2.11. The number of thiazole rings is 1. The quantitative estimate of drug-likeness (QED) is 0.590. The summed E-state index contributed by atoms with van der Waals surface area (Å²) in [7, 11) is 0. The van der Waals surface area contributed by atoms with Gasteiger partial charge in [0.1, 0.15) is 0 Å². The molecule has 1 aromatic carbocycles. The molecule has 1 aliphatic carbocycles. The van der Waals surface area contributed by atoms with E-state index < -0.39 is 11.7 Å². The first kappa shape index (κ1) is 21.4. The normalized spacial score (nSPS) is 16.1. The lowest BCUT2D eigenvalue weighted by molar-refractivity contribution is -0.137. The average Bonchev–Trinajstić information content (AvgIpc) is 3.33. The summed E-state index contributed by atoms with van der Waals surface area (Å²) in [6, 6.07) is 5.69. The van der Waals surface area contributed by atoms with Gasteiger partial charge in [0.05, 0.1) is 33.5 Å². The van der Waals surface area contributed by atoms with Crippen LogP contribution < -0.4 is 5.32 Å². The molecule has 1 saturated carbocycles. The van der Waals surface area contributed by atoms with E-state index in [0.717, 1.165) is 34.9 Å². The van der Waals surface area contributed by atoms with E-state index in [1.165, 1.54) is 36.4 Å². The highest BCUT2D eigenvalue weighted by atomic mass is 32.1. The van der Waals surface area contributed by atoms with Gasteiger partial charge in [-0.25, -0.2) is 4.98 Å². The highest BCUT2D eigenvalue weighted by molar-refractivity contribution is 7.14. The van der Waals surface area contributed by atoms with Crippen LogP contribution in [-0.4, -0.2) is 30.1 Å². The van der Waals surface area contributed by atoms with Crippen molar-refractivity contribution in [1.82, 2.24) is 10.3 Å². The summed E-state index contributed by atoms with van der Waals surface area (Å²) in [6.07, 6.45) is 3.57. The van der Waals surface area contributed by atoms with Crippen LogP contribution in [0.2, 0.25) is 0 Å². The number of alkyl halides is 3. The van der Waals surface area contributed by atoms with Crippen molar-refractivity contribution in [3.63, 3.8) is 0 Å². The monoisotopic (exact) mass is 420 g/mol. The van der Waals surface area contributed by atoms with Gasteiger partial charge in [0, 0.05) is 17.8 Å². The van der Waals surface area contributed by atoms with Gasteiger partial charge in [0.25, 0.3) is 0 Å². The van der Waals surface area contributed by atoms with Crippen molar-refractivity contribution in [3.8, 4) is 11.3 Å². The number of hydrogen-bond donors (Lipinski definition) is 1. The average molecular weight is 421 g/mol. The molecule has 1 fully saturated rings. The molecule has 1 aliphatic rings. The molecule has 0 spiro atoms. The van der Waals surface area contributed by atoms with Gasteiger partial charge >= 0.3 is 6.18 Å². The number of rotatable bonds is 7. The van der Waals surface area contributed by atoms with Crippen LogP contribution in [0.3, 0.4) is 0 Å². The lowest BCUT2D eigenvalue weighted by atomic mass is 10.1. The van der Waals surface area contributed by atoms with Gasteiger partial charge in [0.15, 0.2) is 0 Å². The van der Waals surface area contributed by atoms with Crippen molar-refractivity contribution in [2.75, 3.05) is 6.67 Å². The Labute approximate surface area is 172 Å². The number of aryl methyl sites for hydroxylation is 1. The fourth-order valence-corrected chi connectivity index (χ4v) is 4.28. The zero-order chi connectivity index (χ0) is 20.9. The van der Waals surface area contributed by atoms with Crippen LogP contribution in [-0.2, 0) is 6.18 Å². The van der Waals surface area contributed by atoms with Crippen molar-refractivity contribution in [2.45, 2.75) is 44.8 Å². The molecule has 0 radical (unpaired) electrons. The minimum absolute atomic E-state index is 0.413. The Balaban J connectivity index is 1.95. The Morgan fingerprint density at radius 2 is 2.10 bits per heavy atom. The number of benzene rings is 1. The Morgan fingerprint density at radius 3 is 2.79 bits per heavy atom. The van der Waals surface area contributed by atoms with Crippen LogP contribution in [0.1, 0.15) is 41.1 Å². The number of hydrogen-bond acceptors (Lipinski definition) is 5. The number of aliphatic imine (C=N–C) groups is 2. The standard InChI is InChI=1S/C21H23F3N4S/c1-14-28-19(15-6-5-7-16(12-15)21(22,23)24)20(29-14)18(10-11-25-2)27-13-26-17-8-3-4-9-17/h5-7,10-12,17,26H,2-4,8-9,13H2,1H3/b11-10-,27-18+. The van der Waals surface area contributed by atoms with E-state index in [-0.39, 0.29) is 0 Å². The summed E-state index contributed by atoms with van der Waals surface area (Å²) in [4.78, 5) is 13.6. The van der Waals surface area contributed by atoms with Crippen LogP contribution in [0, 0.1) is 6.92 Å². The maximum absolute atomic E-state index is 13.1. The number of halogens is 3. The van der Waals surface area contributed by atoms with Crippen LogP contribution in [0.25, 0.3) is 11.3 Å². The van der Waals surface area contributed by atoms with E-state index in [9.17, 15) is 13.2 Å². The number of nitrogens with one attached hydrogen (secondary N) is 1. The highest BCUT2D eigenvalue weighted by Crippen LogP contribution is 2.34. The molecule has 0 atom stereocenters. The van der Waals surface area contributed by atoms with Crippen LogP contribution in [0.15, 0.2) is 46.5 Å². The Bertz CT molecular complexity index is 909. The smallest absolute Gasteiger partial charge is 0.296 e. The largest absolute Gasteiger partial charge is 0.416 e. The first-order valence-corrected chi connectivity index (χ1v) is 10.3. The minimum Gasteiger partial charge on any atom is -0.296 e. The third kappa shape index (κ3) is 5.61. The van der Waals surface area contributed by atoms with Gasteiger partial charge in [-0.2, -0.15) is 13.2 Å². The summed E-state index contributed by atoms with van der Waals surface area (Å²) >= 11 is 1.40. The Hall–Kier alpha value is -2.32. The maximum atomic E-state index is 13.1. The van der Waals surface area contributed by atoms with Gasteiger partial charge in [-0.1, -0.05) is 25.0 Å². The summed E-state index contributed by atoms with van der Waals surface area (Å²) in [6.45, 7) is 5.71. The van der Waals surface area contributed by atoms with E-state index in [4.69, 9.17) is 0 Å². The molecule has 4 nitrogen and oxygen atoms in total. The maximum Gasteiger partial charge on any atom is 0.416 e. The highest BCUT2D eigenvalue weighted by Gasteiger charge is 2.31. The first-order chi connectivity index (χ1) is 13.9. The molecule has 2 aromatic rings. The van der Waals surface area contributed by atoms with Crippen molar-refractivity contribution >= 4 is 23.8 Å². The minimum atomic E-state index is -4.41. The fraction of sp³-hybridized carbons (Fsp3) is 0.381. The molecular formula is C21H23F3N4S. The van der Waals surface area contributed by atoms with Crippen LogP contribution in [0.4, 0.5) is 13.2 Å². The first-order valence-electron chi connectivity index (χ1n) is 9.44. The van der Waals surface area contributed by atoms with Crippen molar-refractivity contribution in [2.24, 2.45) is 9.98 Å². The van der Waals surface area contributed by atoms with E-state index in [1.54, 1.807) is 12.1 Å². The predicted molar refractivity (Wildman–Crippen MR) is 113 cm³/mol. The zero-order valence-corrected chi connectivity index (χ0v) is 17.0. The van der Waals surface area contributed by atoms with Crippen molar-refractivity contribution in [3.05, 3.63) is 52.0 Å². The van der Waals surface area contributed by atoms with Gasteiger partial charge in [-0.15, -0.1) is 11.3 Å². The molecule has 0 bridgehead atoms. The van der Waals surface area contributed by atoms with E-state index in [2.05, 4.69) is 27.0 Å². The molecule has 154 valence electrons. The van der Waals surface area contributed by atoms with Gasteiger partial charge < -0.3 is 0 Å². The molecule has 8 heteroatoms. The van der Waals surface area contributed by atoms with Gasteiger partial charge in [-0.3, -0.25) is 15.3 Å². The van der Waals surface area contributed by atoms with Crippen LogP contribution in [0.5, 0.6) is 0 Å². The summed E-state index contributed by atoms with van der Waals surface area (Å²) < 4.78 is 39.4. The van der Waals surface area contributed by atoms with Gasteiger partial charge in [-0.05, 0) is 44.7 Å². The summed E-state index contributed by atoms with van der Waals surface area (Å²) in [5.74, 6) is 0. The topological polar surface area (TPSA) is 49.6 Å². The molecule has 0 amide bonds. The Kier molecular flexibility index (Phi) is 6.97. The van der Waals surface area contributed by atoms with Crippen molar-refractivity contribution < 1.29 is 13.2 Å². The van der Waals surface area contributed by atoms with E-state index >= 15 is 0 Å². The second-order valence-electron chi connectivity index (χ2n) is 6.87. The van der Waals surface area contributed by atoms with Gasteiger partial charge in [0.2, 0.25) is 0 Å². The molecule has 0 saturated heterocycles. The second kappa shape index (κ2) is 9.45. The summed E-state index contributed by atoms with van der Waals surface area (Å²) in [5.41, 5.74) is 0.833. The molecule has 29 heavy (non-hydrogen) atoms. The molecular weight excluding hydrogens is 397 g/mol. The molecule has 3 rings (SSSR count). The van der Waals surface area contributed by atoms with Crippen molar-refractivity contribution in [1.29, 1.82) is 0 Å². The molecule has 1 aromatic heterocycles. The molecule has 1 N–H and O–H groups in total. The van der Waals surface area contributed by atoms with E-state index in [1.807, 2.05) is 6.92 Å². The SMILES string of the molecule is C=N/C=C\C(=N/CNC1CCCC1)c1sc(C)nc1-c1cccc(C(F)(F)F)c1. The lowest BCUT2D eigenvalue weighted by Crippen LogP contribution is -2.26. The fourth-order valence-electron chi connectivity index (χ4n) is 3.35. The second-order valence-corrected chi connectivity index (χ2v) is 8.08. The molecule has 0 unspecified atom stereocenters. The number of nitrogens with zero attached hydrogens (tertiary/aromatic N) is 3. The third-order valence-electron chi connectivity index (χ3n) is 4.75. The predicted octanol–water partition coefficient (Wildman–Crippen LogP) is 5.63.